The van der Waals surface area contributed by atoms with E-state index < -0.39 is 0 Å². The molecule has 0 aliphatic carbocycles. The maximum Gasteiger partial charge on any atom is 0.265 e. The van der Waals surface area contributed by atoms with E-state index in [2.05, 4.69) is 0 Å². The molecule has 1 aliphatic rings. The number of pyridine rings is 1. The van der Waals surface area contributed by atoms with Gasteiger partial charge in [-0.15, -0.1) is 11.3 Å². The maximum atomic E-state index is 14.3. The fourth-order valence-corrected chi connectivity index (χ4v) is 5.99. The molecule has 0 unspecified atom stereocenters. The van der Waals surface area contributed by atoms with E-state index >= 15 is 0 Å². The largest absolute Gasteiger partial charge is 0.339 e. The molecule has 0 atom stereocenters. The normalized spacial score (nSPS) is 13.4. The van der Waals surface area contributed by atoms with Crippen molar-refractivity contribution in [1.82, 2.24) is 14.5 Å². The Hall–Kier alpha value is -3.19. The first kappa shape index (κ1) is 27.4. The SMILES string of the molecule is CC(C)=Cc1c(C(=O)N2CCCCC2)cc(-c2nc(-c3ccc(Cl)cc3)cs2)c(=O)n1-c1cc(C)ccc1Cl. The number of halogens is 2. The molecule has 2 aromatic carbocycles. The Morgan fingerprint density at radius 2 is 1.72 bits per heavy atom. The van der Waals surface area contributed by atoms with Gasteiger partial charge in [-0.1, -0.05) is 47.0 Å². The van der Waals surface area contributed by atoms with E-state index in [4.69, 9.17) is 28.2 Å². The van der Waals surface area contributed by atoms with Gasteiger partial charge in [-0.25, -0.2) is 4.98 Å². The summed E-state index contributed by atoms with van der Waals surface area (Å²) in [4.78, 5) is 35.0. The van der Waals surface area contributed by atoms with Crippen LogP contribution >= 0.6 is 34.5 Å². The number of benzene rings is 2. The minimum absolute atomic E-state index is 0.0875. The number of piperidine rings is 1. The van der Waals surface area contributed by atoms with Crippen molar-refractivity contribution in [3.63, 3.8) is 0 Å². The highest BCUT2D eigenvalue weighted by Gasteiger charge is 2.27. The summed E-state index contributed by atoms with van der Waals surface area (Å²) in [6.45, 7) is 7.26. The Bertz CT molecular complexity index is 1630. The van der Waals surface area contributed by atoms with Gasteiger partial charge in [-0.05, 0) is 82.0 Å². The number of hydrogen-bond donors (Lipinski definition) is 0. The Morgan fingerprint density at radius 3 is 2.41 bits per heavy atom. The van der Waals surface area contributed by atoms with Crippen LogP contribution in [0.25, 0.3) is 33.6 Å². The van der Waals surface area contributed by atoms with Crippen LogP contribution in [0.15, 0.2) is 64.3 Å². The highest BCUT2D eigenvalue weighted by Crippen LogP contribution is 2.32. The van der Waals surface area contributed by atoms with Crippen LogP contribution in [0.1, 0.15) is 54.7 Å². The summed E-state index contributed by atoms with van der Waals surface area (Å²) in [6.07, 6.45) is 4.94. The molecule has 39 heavy (non-hydrogen) atoms. The second-order valence-corrected chi connectivity index (χ2v) is 11.8. The number of thiazole rings is 1. The number of nitrogens with zero attached hydrogens (tertiary/aromatic N) is 3. The van der Waals surface area contributed by atoms with Gasteiger partial charge < -0.3 is 4.90 Å². The fraction of sp³-hybridized carbons (Fsp3) is 0.258. The van der Waals surface area contributed by atoms with Gasteiger partial charge in [0.05, 0.1) is 33.2 Å². The molecule has 1 amide bonds. The summed E-state index contributed by atoms with van der Waals surface area (Å²) >= 11 is 14.1. The lowest BCUT2D eigenvalue weighted by molar-refractivity contribution is 0.0723. The van der Waals surface area contributed by atoms with Gasteiger partial charge in [0.15, 0.2) is 0 Å². The topological polar surface area (TPSA) is 55.2 Å². The third-order valence-corrected chi connectivity index (χ3v) is 8.20. The molecular formula is C31H29Cl2N3O2S. The van der Waals surface area contributed by atoms with Gasteiger partial charge in [-0.2, -0.15) is 0 Å². The van der Waals surface area contributed by atoms with Crippen LogP contribution in [-0.2, 0) is 0 Å². The van der Waals surface area contributed by atoms with Crippen molar-refractivity contribution in [1.29, 1.82) is 0 Å². The van der Waals surface area contributed by atoms with Crippen molar-refractivity contribution in [3.05, 3.63) is 96.7 Å². The first-order valence-corrected chi connectivity index (χ1v) is 14.6. The van der Waals surface area contributed by atoms with E-state index in [0.717, 1.165) is 41.7 Å². The van der Waals surface area contributed by atoms with Crippen LogP contribution in [0, 0.1) is 6.92 Å². The zero-order valence-electron chi connectivity index (χ0n) is 22.1. The summed E-state index contributed by atoms with van der Waals surface area (Å²) in [5.41, 5.74) is 5.18. The van der Waals surface area contributed by atoms with Gasteiger partial charge in [0, 0.05) is 29.1 Å². The number of carbonyl (C=O) groups excluding carboxylic acids is 1. The van der Waals surface area contributed by atoms with Gasteiger partial charge in [0.1, 0.15) is 5.01 Å². The quantitative estimate of drug-likeness (QED) is 0.239. The third-order valence-electron chi connectivity index (χ3n) is 6.76. The second kappa shape index (κ2) is 11.5. The number of carbonyl (C=O) groups is 1. The number of likely N-dealkylation sites (tertiary alicyclic amines) is 1. The van der Waals surface area contributed by atoms with Gasteiger partial charge in [0.25, 0.3) is 11.5 Å². The van der Waals surface area contributed by atoms with Crippen LogP contribution in [-0.4, -0.2) is 33.4 Å². The van der Waals surface area contributed by atoms with Crippen molar-refractivity contribution in [2.24, 2.45) is 0 Å². The molecule has 0 radical (unpaired) electrons. The molecule has 1 aliphatic heterocycles. The molecule has 0 bridgehead atoms. The Labute approximate surface area is 242 Å². The van der Waals surface area contributed by atoms with Crippen molar-refractivity contribution in [2.45, 2.75) is 40.0 Å². The highest BCUT2D eigenvalue weighted by atomic mass is 35.5. The Balaban J connectivity index is 1.78. The van der Waals surface area contributed by atoms with E-state index in [1.807, 2.05) is 73.5 Å². The summed E-state index contributed by atoms with van der Waals surface area (Å²) in [7, 11) is 0. The van der Waals surface area contributed by atoms with Crippen LogP contribution in [0.5, 0.6) is 0 Å². The minimum Gasteiger partial charge on any atom is -0.339 e. The zero-order chi connectivity index (χ0) is 27.7. The van der Waals surface area contributed by atoms with Crippen molar-refractivity contribution < 1.29 is 4.79 Å². The van der Waals surface area contributed by atoms with Crippen molar-refractivity contribution in [2.75, 3.05) is 13.1 Å². The average Bonchev–Trinajstić information content (AvgIpc) is 3.41. The van der Waals surface area contributed by atoms with Gasteiger partial charge in [-0.3, -0.25) is 14.2 Å². The lowest BCUT2D eigenvalue weighted by Crippen LogP contribution is -2.37. The molecule has 1 saturated heterocycles. The molecule has 1 fully saturated rings. The summed E-state index contributed by atoms with van der Waals surface area (Å²) in [6, 6.07) is 14.7. The highest BCUT2D eigenvalue weighted by molar-refractivity contribution is 7.13. The Kier molecular flexibility index (Phi) is 8.08. The number of amides is 1. The average molecular weight is 579 g/mol. The lowest BCUT2D eigenvalue weighted by atomic mass is 10.0. The lowest BCUT2D eigenvalue weighted by Gasteiger charge is -2.28. The van der Waals surface area contributed by atoms with Crippen LogP contribution in [0.3, 0.4) is 0 Å². The summed E-state index contributed by atoms with van der Waals surface area (Å²) in [5.74, 6) is -0.0875. The number of aryl methyl sites for hydroxylation is 1. The van der Waals surface area contributed by atoms with Gasteiger partial charge in [0.2, 0.25) is 0 Å². The number of allylic oxidation sites excluding steroid dienone is 1. The number of aromatic nitrogens is 2. The maximum absolute atomic E-state index is 14.3. The van der Waals surface area contributed by atoms with Crippen LogP contribution in [0.2, 0.25) is 10.0 Å². The molecule has 8 heteroatoms. The monoisotopic (exact) mass is 577 g/mol. The van der Waals surface area contributed by atoms with Crippen molar-refractivity contribution in [3.8, 4) is 27.5 Å². The standard InChI is InChI=1S/C31H29Cl2N3O2S/c1-19(2)15-27-23(30(37)35-13-5-4-6-14-35)17-24(31(38)36(27)28-16-20(3)7-12-25(28)33)29-34-26(18-39-29)21-8-10-22(32)11-9-21/h7-12,15-18H,4-6,13-14H2,1-3H3. The number of hydrogen-bond acceptors (Lipinski definition) is 4. The summed E-state index contributed by atoms with van der Waals surface area (Å²) in [5, 5.41) is 3.53. The van der Waals surface area contributed by atoms with Crippen molar-refractivity contribution >= 4 is 46.5 Å². The second-order valence-electron chi connectivity index (χ2n) is 10.1. The first-order valence-electron chi connectivity index (χ1n) is 13.0. The molecule has 5 nitrogen and oxygen atoms in total. The van der Waals surface area contributed by atoms with E-state index in [0.29, 0.717) is 50.7 Å². The third kappa shape index (κ3) is 5.74. The molecule has 0 saturated carbocycles. The van der Waals surface area contributed by atoms with Crippen LogP contribution < -0.4 is 5.56 Å². The van der Waals surface area contributed by atoms with E-state index in [9.17, 15) is 9.59 Å². The zero-order valence-corrected chi connectivity index (χ0v) is 24.5. The minimum atomic E-state index is -0.276. The molecule has 3 heterocycles. The fourth-order valence-electron chi connectivity index (χ4n) is 4.82. The molecule has 2 aromatic heterocycles. The van der Waals surface area contributed by atoms with Crippen LogP contribution in [0.4, 0.5) is 0 Å². The van der Waals surface area contributed by atoms with E-state index in [1.54, 1.807) is 16.7 Å². The molecular weight excluding hydrogens is 549 g/mol. The molecule has 5 rings (SSSR count). The first-order chi connectivity index (χ1) is 18.7. The smallest absolute Gasteiger partial charge is 0.265 e. The van der Waals surface area contributed by atoms with E-state index in [1.165, 1.54) is 11.3 Å². The summed E-state index contributed by atoms with van der Waals surface area (Å²) < 4.78 is 1.58. The molecule has 0 spiro atoms. The Morgan fingerprint density at radius 1 is 1.00 bits per heavy atom. The molecule has 0 N–H and O–H groups in total. The van der Waals surface area contributed by atoms with Gasteiger partial charge >= 0.3 is 0 Å². The van der Waals surface area contributed by atoms with E-state index in [-0.39, 0.29) is 11.5 Å². The number of rotatable bonds is 5. The predicted molar refractivity (Wildman–Crippen MR) is 162 cm³/mol. The molecule has 4 aromatic rings. The predicted octanol–water partition coefficient (Wildman–Crippen LogP) is 8.29. The molecule has 200 valence electrons.